The minimum Gasteiger partial charge on any atom is -0.316 e. The van der Waals surface area contributed by atoms with Crippen molar-refractivity contribution in [3.05, 3.63) is 15.9 Å². The zero-order valence-electron chi connectivity index (χ0n) is 11.9. The van der Waals surface area contributed by atoms with E-state index in [1.54, 1.807) is 0 Å². The lowest BCUT2D eigenvalue weighted by atomic mass is 9.84. The molecule has 2 heterocycles. The molecule has 0 spiro atoms. The van der Waals surface area contributed by atoms with Gasteiger partial charge in [-0.3, -0.25) is 9.48 Å². The van der Waals surface area contributed by atoms with Crippen molar-refractivity contribution in [2.45, 2.75) is 40.2 Å². The Morgan fingerprint density at radius 1 is 1.53 bits per heavy atom. The van der Waals surface area contributed by atoms with Crippen molar-refractivity contribution in [2.75, 3.05) is 13.1 Å². The number of aryl methyl sites for hydroxylation is 2. The summed E-state index contributed by atoms with van der Waals surface area (Å²) in [6, 6.07) is 0. The smallest absolute Gasteiger partial charge is 0.142 e. The number of halogens is 1. The molecule has 0 aromatic carbocycles. The molecule has 19 heavy (non-hydrogen) atoms. The number of nitrogens with zero attached hydrogens (tertiary/aromatic N) is 2. The maximum absolute atomic E-state index is 12.4. The van der Waals surface area contributed by atoms with E-state index in [4.69, 9.17) is 0 Å². The highest BCUT2D eigenvalue weighted by atomic mass is 79.9. The van der Waals surface area contributed by atoms with Gasteiger partial charge in [0.05, 0.1) is 15.9 Å². The molecule has 1 saturated heterocycles. The molecule has 1 atom stereocenters. The molecule has 1 unspecified atom stereocenters. The molecule has 0 saturated carbocycles. The van der Waals surface area contributed by atoms with Gasteiger partial charge < -0.3 is 5.32 Å². The second kappa shape index (κ2) is 6.18. The van der Waals surface area contributed by atoms with Gasteiger partial charge in [0.1, 0.15) is 5.78 Å². The third-order valence-electron chi connectivity index (χ3n) is 4.06. The van der Waals surface area contributed by atoms with Crippen molar-refractivity contribution in [3.63, 3.8) is 0 Å². The van der Waals surface area contributed by atoms with Crippen LogP contribution < -0.4 is 5.32 Å². The van der Waals surface area contributed by atoms with Crippen molar-refractivity contribution in [3.8, 4) is 0 Å². The maximum Gasteiger partial charge on any atom is 0.142 e. The lowest BCUT2D eigenvalue weighted by molar-refractivity contribution is -0.124. The van der Waals surface area contributed by atoms with Gasteiger partial charge in [0.15, 0.2) is 0 Å². The van der Waals surface area contributed by atoms with E-state index in [1.807, 2.05) is 4.68 Å². The summed E-state index contributed by atoms with van der Waals surface area (Å²) in [5, 5.41) is 7.77. The van der Waals surface area contributed by atoms with Gasteiger partial charge in [0, 0.05) is 18.9 Å². The Hall–Kier alpha value is -0.680. The van der Waals surface area contributed by atoms with Gasteiger partial charge >= 0.3 is 0 Å². The molecule has 0 aliphatic carbocycles. The SMILES string of the molecule is CCc1nn(CC)c(CC(=O)C(C)C2CNC2)c1Br. The van der Waals surface area contributed by atoms with Crippen molar-refractivity contribution < 1.29 is 4.79 Å². The Morgan fingerprint density at radius 3 is 2.68 bits per heavy atom. The lowest BCUT2D eigenvalue weighted by Crippen LogP contribution is -2.47. The van der Waals surface area contributed by atoms with E-state index < -0.39 is 0 Å². The molecule has 106 valence electrons. The van der Waals surface area contributed by atoms with E-state index in [2.05, 4.69) is 47.1 Å². The fourth-order valence-electron chi connectivity index (χ4n) is 2.44. The van der Waals surface area contributed by atoms with Crippen molar-refractivity contribution in [1.29, 1.82) is 0 Å². The van der Waals surface area contributed by atoms with E-state index >= 15 is 0 Å². The van der Waals surface area contributed by atoms with Crippen LogP contribution in [0.15, 0.2) is 4.47 Å². The Balaban J connectivity index is 2.13. The second-order valence-corrected chi connectivity index (χ2v) is 6.02. The summed E-state index contributed by atoms with van der Waals surface area (Å²) in [6.45, 7) is 8.95. The molecular weight excluding hydrogens is 306 g/mol. The summed E-state index contributed by atoms with van der Waals surface area (Å²) in [5.41, 5.74) is 2.08. The molecule has 0 radical (unpaired) electrons. The minimum atomic E-state index is 0.137. The number of aromatic nitrogens is 2. The predicted octanol–water partition coefficient (Wildman–Crippen LogP) is 2.20. The molecule has 0 bridgehead atoms. The Kier molecular flexibility index (Phi) is 4.79. The van der Waals surface area contributed by atoms with Gasteiger partial charge in [0.2, 0.25) is 0 Å². The highest BCUT2D eigenvalue weighted by Gasteiger charge is 2.29. The van der Waals surface area contributed by atoms with E-state index in [9.17, 15) is 4.79 Å². The fourth-order valence-corrected chi connectivity index (χ4v) is 3.14. The van der Waals surface area contributed by atoms with Gasteiger partial charge in [0.25, 0.3) is 0 Å². The van der Waals surface area contributed by atoms with E-state index in [0.29, 0.717) is 18.1 Å². The van der Waals surface area contributed by atoms with E-state index in [0.717, 1.165) is 41.9 Å². The van der Waals surface area contributed by atoms with Crippen LogP contribution in [0.1, 0.15) is 32.2 Å². The summed E-state index contributed by atoms with van der Waals surface area (Å²) >= 11 is 3.60. The summed E-state index contributed by atoms with van der Waals surface area (Å²) < 4.78 is 2.97. The Bertz CT molecular complexity index is 466. The maximum atomic E-state index is 12.4. The number of rotatable bonds is 6. The van der Waals surface area contributed by atoms with Gasteiger partial charge in [-0.2, -0.15) is 5.10 Å². The molecule has 1 aromatic heterocycles. The number of carbonyl (C=O) groups is 1. The normalized spacial score (nSPS) is 17.3. The molecule has 0 amide bonds. The van der Waals surface area contributed by atoms with Crippen molar-refractivity contribution in [2.24, 2.45) is 11.8 Å². The highest BCUT2D eigenvalue weighted by molar-refractivity contribution is 9.10. The molecule has 2 rings (SSSR count). The summed E-state index contributed by atoms with van der Waals surface area (Å²) in [4.78, 5) is 12.4. The summed E-state index contributed by atoms with van der Waals surface area (Å²) in [6.07, 6.45) is 1.37. The first kappa shape index (κ1) is 14.7. The first-order valence-corrected chi connectivity index (χ1v) is 7.85. The third-order valence-corrected chi connectivity index (χ3v) is 4.98. The molecule has 1 aromatic rings. The molecule has 1 fully saturated rings. The van der Waals surface area contributed by atoms with Crippen LogP contribution in [0.25, 0.3) is 0 Å². The number of hydrogen-bond acceptors (Lipinski definition) is 3. The monoisotopic (exact) mass is 327 g/mol. The lowest BCUT2D eigenvalue weighted by Gasteiger charge is -2.31. The number of nitrogens with one attached hydrogen (secondary N) is 1. The van der Waals surface area contributed by atoms with Crippen LogP contribution in [0.4, 0.5) is 0 Å². The largest absolute Gasteiger partial charge is 0.316 e. The van der Waals surface area contributed by atoms with Gasteiger partial charge in [-0.05, 0) is 48.3 Å². The number of ketones is 1. The summed E-state index contributed by atoms with van der Waals surface area (Å²) in [7, 11) is 0. The van der Waals surface area contributed by atoms with Crippen LogP contribution in [0, 0.1) is 11.8 Å². The van der Waals surface area contributed by atoms with Crippen LogP contribution in [-0.4, -0.2) is 28.7 Å². The van der Waals surface area contributed by atoms with Crippen molar-refractivity contribution in [1.82, 2.24) is 15.1 Å². The average Bonchev–Trinajstić information content (AvgIpc) is 2.64. The second-order valence-electron chi connectivity index (χ2n) is 5.23. The van der Waals surface area contributed by atoms with Crippen molar-refractivity contribution >= 4 is 21.7 Å². The average molecular weight is 328 g/mol. The van der Waals surface area contributed by atoms with Gasteiger partial charge in [-0.15, -0.1) is 0 Å². The molecule has 5 heteroatoms. The Labute approximate surface area is 123 Å². The highest BCUT2D eigenvalue weighted by Crippen LogP contribution is 2.25. The van der Waals surface area contributed by atoms with Crippen LogP contribution in [0.5, 0.6) is 0 Å². The zero-order chi connectivity index (χ0) is 14.0. The first-order chi connectivity index (χ1) is 9.08. The molecule has 1 aliphatic rings. The number of carbonyl (C=O) groups excluding carboxylic acids is 1. The van der Waals surface area contributed by atoms with Crippen LogP contribution in [0.2, 0.25) is 0 Å². The van der Waals surface area contributed by atoms with Crippen LogP contribution in [0.3, 0.4) is 0 Å². The summed E-state index contributed by atoms with van der Waals surface area (Å²) in [5.74, 6) is 0.970. The molecular formula is C14H22BrN3O. The zero-order valence-corrected chi connectivity index (χ0v) is 13.5. The third kappa shape index (κ3) is 2.92. The van der Waals surface area contributed by atoms with Gasteiger partial charge in [-0.25, -0.2) is 0 Å². The molecule has 1 N–H and O–H groups in total. The topological polar surface area (TPSA) is 46.9 Å². The van der Waals surface area contributed by atoms with Gasteiger partial charge in [-0.1, -0.05) is 13.8 Å². The van der Waals surface area contributed by atoms with E-state index in [-0.39, 0.29) is 5.92 Å². The first-order valence-electron chi connectivity index (χ1n) is 7.05. The molecule has 1 aliphatic heterocycles. The number of Topliss-reactive ketones (excluding diaryl/α,β-unsaturated/α-hetero) is 1. The molecule has 4 nitrogen and oxygen atoms in total. The van der Waals surface area contributed by atoms with Crippen LogP contribution in [-0.2, 0) is 24.2 Å². The number of hydrogen-bond donors (Lipinski definition) is 1. The quantitative estimate of drug-likeness (QED) is 0.871. The standard InChI is InChI=1S/C14H22BrN3O/c1-4-11-14(15)12(18(5-2)17-11)6-13(19)9(3)10-7-16-8-10/h9-10,16H,4-8H2,1-3H3. The van der Waals surface area contributed by atoms with Crippen LogP contribution >= 0.6 is 15.9 Å². The fraction of sp³-hybridized carbons (Fsp3) is 0.714. The minimum absolute atomic E-state index is 0.137. The van der Waals surface area contributed by atoms with E-state index in [1.165, 1.54) is 0 Å². The predicted molar refractivity (Wildman–Crippen MR) is 79.2 cm³/mol. The Morgan fingerprint density at radius 2 is 2.21 bits per heavy atom.